The van der Waals surface area contributed by atoms with E-state index in [9.17, 15) is 19.5 Å². The van der Waals surface area contributed by atoms with E-state index in [2.05, 4.69) is 10.4 Å². The molecule has 0 aliphatic rings. The molecule has 0 bridgehead atoms. The summed E-state index contributed by atoms with van der Waals surface area (Å²) in [4.78, 5) is 34.8. The molecule has 0 saturated heterocycles. The number of carbonyl (C=O) groups excluding carboxylic acids is 1. The zero-order valence-corrected chi connectivity index (χ0v) is 16.9. The topological polar surface area (TPSA) is 122 Å². The zero-order valence-electron chi connectivity index (χ0n) is 16.9. The molecule has 3 N–H and O–H groups in total. The van der Waals surface area contributed by atoms with Gasteiger partial charge in [-0.3, -0.25) is 4.79 Å². The summed E-state index contributed by atoms with van der Waals surface area (Å²) >= 11 is 0. The van der Waals surface area contributed by atoms with Gasteiger partial charge in [-0.1, -0.05) is 61.5 Å². The highest BCUT2D eigenvalue weighted by atomic mass is 16.4. The van der Waals surface area contributed by atoms with Crippen LogP contribution < -0.4 is 5.32 Å². The van der Waals surface area contributed by atoms with Crippen molar-refractivity contribution in [2.75, 3.05) is 0 Å². The molecule has 0 radical (unpaired) electrons. The summed E-state index contributed by atoms with van der Waals surface area (Å²) < 4.78 is 0.903. The number of nitrogens with zero attached hydrogens (tertiary/aromatic N) is 2. The van der Waals surface area contributed by atoms with Crippen LogP contribution in [-0.4, -0.2) is 44.0 Å². The minimum absolute atomic E-state index is 0.217. The van der Waals surface area contributed by atoms with Gasteiger partial charge in [0.1, 0.15) is 0 Å². The minimum atomic E-state index is -1.24. The molecule has 0 saturated carbocycles. The van der Waals surface area contributed by atoms with Crippen molar-refractivity contribution in [3.8, 4) is 11.1 Å². The van der Waals surface area contributed by atoms with Gasteiger partial charge < -0.3 is 15.5 Å². The molecule has 2 atom stereocenters. The van der Waals surface area contributed by atoms with Crippen molar-refractivity contribution in [1.29, 1.82) is 0 Å². The Morgan fingerprint density at radius 1 is 0.968 bits per heavy atom. The molecular weight excluding hydrogens is 398 g/mol. The van der Waals surface area contributed by atoms with Crippen LogP contribution in [0.5, 0.6) is 0 Å². The van der Waals surface area contributed by atoms with E-state index in [1.807, 2.05) is 54.6 Å². The lowest BCUT2D eigenvalue weighted by Crippen LogP contribution is -2.41. The van der Waals surface area contributed by atoms with Crippen LogP contribution in [0.2, 0.25) is 0 Å². The van der Waals surface area contributed by atoms with E-state index in [1.165, 1.54) is 12.3 Å². The summed E-state index contributed by atoms with van der Waals surface area (Å²) in [6.45, 7) is 1.58. The molecule has 0 aliphatic carbocycles. The van der Waals surface area contributed by atoms with E-state index >= 15 is 0 Å². The Morgan fingerprint density at radius 2 is 1.61 bits per heavy atom. The summed E-state index contributed by atoms with van der Waals surface area (Å²) in [5.41, 5.74) is 2.84. The predicted molar refractivity (Wildman–Crippen MR) is 114 cm³/mol. The van der Waals surface area contributed by atoms with E-state index in [0.717, 1.165) is 21.4 Å². The number of carbonyl (C=O) groups is 3. The van der Waals surface area contributed by atoms with Gasteiger partial charge in [-0.25, -0.2) is 9.59 Å². The van der Waals surface area contributed by atoms with Gasteiger partial charge in [0, 0.05) is 12.2 Å². The lowest BCUT2D eigenvalue weighted by Gasteiger charge is -2.21. The average Bonchev–Trinajstić information content (AvgIpc) is 3.25. The van der Waals surface area contributed by atoms with Gasteiger partial charge in [0.25, 0.3) is 0 Å². The molecule has 0 aliphatic heterocycles. The van der Waals surface area contributed by atoms with Crippen molar-refractivity contribution in [3.05, 3.63) is 78.1 Å². The highest BCUT2D eigenvalue weighted by Crippen LogP contribution is 2.20. The Morgan fingerprint density at radius 3 is 2.19 bits per heavy atom. The number of benzene rings is 2. The number of amides is 1. The maximum absolute atomic E-state index is 12.5. The largest absolute Gasteiger partial charge is 0.481 e. The summed E-state index contributed by atoms with van der Waals surface area (Å²) in [7, 11) is 0. The number of carboxylic acid groups (broad SMARTS) is 2. The number of hydrogen-bond donors (Lipinski definition) is 3. The van der Waals surface area contributed by atoms with Crippen LogP contribution in [0.1, 0.15) is 29.4 Å². The maximum Gasteiger partial charge on any atom is 0.356 e. The first-order chi connectivity index (χ1) is 14.8. The highest BCUT2D eigenvalue weighted by molar-refractivity contribution is 5.86. The Bertz CT molecular complexity index is 1060. The van der Waals surface area contributed by atoms with E-state index in [0.29, 0.717) is 6.42 Å². The third-order valence-electron chi connectivity index (χ3n) is 4.95. The van der Waals surface area contributed by atoms with Crippen molar-refractivity contribution in [2.45, 2.75) is 25.8 Å². The van der Waals surface area contributed by atoms with Crippen LogP contribution in [0.3, 0.4) is 0 Å². The van der Waals surface area contributed by atoms with Crippen LogP contribution in [0.15, 0.2) is 66.9 Å². The van der Waals surface area contributed by atoms with Crippen molar-refractivity contribution < 1.29 is 24.6 Å². The SMILES string of the molecule is C[C@H](C[C@@H](Cc1ccc(-c2ccccc2)cc1)NC(=O)n1ccc(C(=O)O)n1)C(=O)O. The molecule has 0 fully saturated rings. The zero-order chi connectivity index (χ0) is 22.4. The van der Waals surface area contributed by atoms with E-state index in [1.54, 1.807) is 6.92 Å². The fraction of sp³-hybridized carbons (Fsp3) is 0.217. The minimum Gasteiger partial charge on any atom is -0.481 e. The average molecular weight is 421 g/mol. The number of aliphatic carboxylic acids is 1. The molecule has 8 nitrogen and oxygen atoms in total. The fourth-order valence-electron chi connectivity index (χ4n) is 3.26. The van der Waals surface area contributed by atoms with E-state index in [-0.39, 0.29) is 12.1 Å². The number of nitrogens with one attached hydrogen (secondary N) is 1. The van der Waals surface area contributed by atoms with Crippen molar-refractivity contribution in [3.63, 3.8) is 0 Å². The molecule has 2 aromatic carbocycles. The number of rotatable bonds is 8. The summed E-state index contributed by atoms with van der Waals surface area (Å²) in [5, 5.41) is 24.7. The summed E-state index contributed by atoms with van der Waals surface area (Å²) in [6, 6.07) is 17.9. The number of carboxylic acids is 2. The fourth-order valence-corrected chi connectivity index (χ4v) is 3.26. The van der Waals surface area contributed by atoms with E-state index in [4.69, 9.17) is 5.11 Å². The third-order valence-corrected chi connectivity index (χ3v) is 4.95. The quantitative estimate of drug-likeness (QED) is 0.512. The van der Waals surface area contributed by atoms with Gasteiger partial charge >= 0.3 is 18.0 Å². The van der Waals surface area contributed by atoms with Crippen molar-refractivity contribution in [1.82, 2.24) is 15.1 Å². The van der Waals surface area contributed by atoms with Crippen LogP contribution in [-0.2, 0) is 11.2 Å². The summed E-state index contributed by atoms with van der Waals surface area (Å²) in [5.74, 6) is -2.85. The number of hydrogen-bond acceptors (Lipinski definition) is 4. The van der Waals surface area contributed by atoms with Gasteiger partial charge in [0.05, 0.1) is 5.92 Å². The lowest BCUT2D eigenvalue weighted by atomic mass is 9.95. The third kappa shape index (κ3) is 5.79. The van der Waals surface area contributed by atoms with Gasteiger partial charge in [-0.05, 0) is 35.6 Å². The molecule has 1 aromatic heterocycles. The first-order valence-electron chi connectivity index (χ1n) is 9.80. The standard InChI is InChI=1S/C23H23N3O5/c1-15(21(27)28)13-19(24-23(31)26-12-11-20(25-26)22(29)30)14-16-7-9-18(10-8-16)17-5-3-2-4-6-17/h2-12,15,19H,13-14H2,1H3,(H,24,31)(H,27,28)(H,29,30)/t15-,19+/m1/s1. The number of aromatic carboxylic acids is 1. The van der Waals surface area contributed by atoms with Gasteiger partial charge in [0.2, 0.25) is 0 Å². The smallest absolute Gasteiger partial charge is 0.356 e. The van der Waals surface area contributed by atoms with Gasteiger partial charge in [0.15, 0.2) is 5.69 Å². The first kappa shape index (κ1) is 21.8. The monoisotopic (exact) mass is 421 g/mol. The highest BCUT2D eigenvalue weighted by Gasteiger charge is 2.22. The first-order valence-corrected chi connectivity index (χ1v) is 9.80. The molecule has 160 valence electrons. The van der Waals surface area contributed by atoms with E-state index < -0.39 is 29.9 Å². The van der Waals surface area contributed by atoms with Crippen molar-refractivity contribution in [2.24, 2.45) is 5.92 Å². The molecular formula is C23H23N3O5. The van der Waals surface area contributed by atoms with Gasteiger partial charge in [-0.15, -0.1) is 0 Å². The Hall–Kier alpha value is -3.94. The normalized spacial score (nSPS) is 12.7. The Balaban J connectivity index is 1.74. The lowest BCUT2D eigenvalue weighted by molar-refractivity contribution is -0.141. The second-order valence-electron chi connectivity index (χ2n) is 7.34. The molecule has 8 heteroatoms. The number of aromatic nitrogens is 2. The summed E-state index contributed by atoms with van der Waals surface area (Å²) in [6.07, 6.45) is 1.89. The Labute approximate surface area is 179 Å². The molecule has 3 aromatic rings. The molecule has 31 heavy (non-hydrogen) atoms. The van der Waals surface area contributed by atoms with Crippen LogP contribution in [0, 0.1) is 5.92 Å². The van der Waals surface area contributed by atoms with Crippen LogP contribution >= 0.6 is 0 Å². The molecule has 1 amide bonds. The van der Waals surface area contributed by atoms with Crippen LogP contribution in [0.4, 0.5) is 4.79 Å². The molecule has 3 rings (SSSR count). The maximum atomic E-state index is 12.5. The molecule has 0 spiro atoms. The second-order valence-corrected chi connectivity index (χ2v) is 7.34. The molecule has 1 heterocycles. The second kappa shape index (κ2) is 9.71. The van der Waals surface area contributed by atoms with Gasteiger partial charge in [-0.2, -0.15) is 9.78 Å². The molecule has 0 unspecified atom stereocenters. The Kier molecular flexibility index (Phi) is 6.81. The van der Waals surface area contributed by atoms with Crippen molar-refractivity contribution >= 4 is 18.0 Å². The predicted octanol–water partition coefficient (Wildman–Crippen LogP) is 3.53. The van der Waals surface area contributed by atoms with Crippen LogP contribution in [0.25, 0.3) is 11.1 Å².